The molecule has 0 aromatic rings. The minimum atomic E-state index is -0.900. The number of esters is 1. The number of methoxy groups -OCH3 is 1. The highest BCUT2D eigenvalue weighted by atomic mass is 35.5. The lowest BCUT2D eigenvalue weighted by Crippen LogP contribution is -2.52. The summed E-state index contributed by atoms with van der Waals surface area (Å²) in [5, 5.41) is 5.98. The second-order valence-electron chi connectivity index (χ2n) is 11.0. The monoisotopic (exact) mass is 605 g/mol. The molecule has 11 heteroatoms. The lowest BCUT2D eigenvalue weighted by molar-refractivity contribution is -0.151. The molecule has 0 bridgehead atoms. The molecule has 0 aromatic carbocycles. The van der Waals surface area contributed by atoms with Crippen molar-refractivity contribution < 1.29 is 33.4 Å². The molecule has 4 N–H and O–H groups in total. The highest BCUT2D eigenvalue weighted by Crippen LogP contribution is 2.23. The van der Waals surface area contributed by atoms with E-state index in [9.17, 15) is 19.2 Å². The molecule has 10 nitrogen and oxygen atoms in total. The molecule has 0 aromatic heterocycles. The maximum atomic E-state index is 12.9. The zero-order valence-electron chi connectivity index (χ0n) is 25.4. The Hall–Kier alpha value is -3.79. The van der Waals surface area contributed by atoms with E-state index in [1.165, 1.54) is 19.4 Å². The van der Waals surface area contributed by atoms with E-state index in [2.05, 4.69) is 10.6 Å². The van der Waals surface area contributed by atoms with Crippen LogP contribution in [0.1, 0.15) is 60.8 Å². The van der Waals surface area contributed by atoms with E-state index in [0.717, 1.165) is 5.57 Å². The molecule has 1 aliphatic rings. The standard InChI is InChI=1S/C31H44ClN3O7/c1-20(19-21(2)24-16-17-25(40-7)29(38)42-24)11-8-9-13-26(36)35-27(31(4,5)6)28(37)34-18-10-12-23(41-30(33)39)15-14-22(3)32/h8-11,13-14,17-19,21,23-24,27H,12,15-16H2,1-7H3,(H2,33,39)(H,34,37)(H,35,36). The van der Waals surface area contributed by atoms with Crippen molar-refractivity contribution in [1.82, 2.24) is 10.6 Å². The second-order valence-corrected chi connectivity index (χ2v) is 11.6. The maximum absolute atomic E-state index is 12.9. The molecule has 1 aliphatic heterocycles. The Kier molecular flexibility index (Phi) is 15.4. The van der Waals surface area contributed by atoms with Gasteiger partial charge in [-0.15, -0.1) is 0 Å². The Morgan fingerprint density at radius 1 is 1.19 bits per heavy atom. The van der Waals surface area contributed by atoms with Crippen LogP contribution in [0.4, 0.5) is 4.79 Å². The van der Waals surface area contributed by atoms with Gasteiger partial charge >= 0.3 is 12.1 Å². The van der Waals surface area contributed by atoms with E-state index >= 15 is 0 Å². The largest absolute Gasteiger partial charge is 0.490 e. The summed E-state index contributed by atoms with van der Waals surface area (Å²) in [6.45, 7) is 11.1. The van der Waals surface area contributed by atoms with Crippen molar-refractivity contribution in [3.8, 4) is 0 Å². The van der Waals surface area contributed by atoms with Gasteiger partial charge in [0, 0.05) is 36.3 Å². The summed E-state index contributed by atoms with van der Waals surface area (Å²) in [6.07, 6.45) is 14.5. The quantitative estimate of drug-likeness (QED) is 0.142. The molecule has 42 heavy (non-hydrogen) atoms. The predicted molar refractivity (Wildman–Crippen MR) is 163 cm³/mol. The number of hydrogen-bond acceptors (Lipinski definition) is 7. The molecule has 0 aliphatic carbocycles. The van der Waals surface area contributed by atoms with Crippen LogP contribution in [0.2, 0.25) is 0 Å². The molecule has 1 heterocycles. The first-order chi connectivity index (χ1) is 19.6. The number of nitrogens with one attached hydrogen (secondary N) is 2. The number of carbonyl (C=O) groups is 4. The van der Waals surface area contributed by atoms with E-state index in [1.54, 1.807) is 37.3 Å². The molecule has 0 saturated carbocycles. The van der Waals surface area contributed by atoms with Crippen molar-refractivity contribution in [3.63, 3.8) is 0 Å². The van der Waals surface area contributed by atoms with Crippen LogP contribution in [0.15, 0.2) is 71.2 Å². The topological polar surface area (TPSA) is 146 Å². The van der Waals surface area contributed by atoms with Gasteiger partial charge in [0.25, 0.3) is 0 Å². The van der Waals surface area contributed by atoms with Crippen LogP contribution in [0.25, 0.3) is 0 Å². The van der Waals surface area contributed by atoms with E-state index in [-0.39, 0.29) is 17.8 Å². The van der Waals surface area contributed by atoms with Gasteiger partial charge in [-0.05, 0) is 31.5 Å². The molecule has 0 radical (unpaired) electrons. The van der Waals surface area contributed by atoms with Crippen molar-refractivity contribution in [2.24, 2.45) is 17.1 Å². The fourth-order valence-corrected chi connectivity index (χ4v) is 4.02. The second kappa shape index (κ2) is 17.9. The summed E-state index contributed by atoms with van der Waals surface area (Å²) in [5.74, 6) is -1.10. The number of rotatable bonds is 14. The van der Waals surface area contributed by atoms with E-state index in [1.807, 2.05) is 46.8 Å². The lowest BCUT2D eigenvalue weighted by Gasteiger charge is -2.29. The SMILES string of the molecule is COC1=CCC(C(C)C=C(C)C=CC=CC(=O)NC(C(=O)NC=CCC(CC=C(C)Cl)OC(N)=O)C(C)(C)C)OC1=O. The van der Waals surface area contributed by atoms with E-state index in [4.69, 9.17) is 31.5 Å². The third kappa shape index (κ3) is 14.2. The van der Waals surface area contributed by atoms with Crippen molar-refractivity contribution >= 4 is 35.5 Å². The molecule has 3 amide bonds. The van der Waals surface area contributed by atoms with Gasteiger partial charge < -0.3 is 30.6 Å². The Bertz CT molecular complexity index is 1140. The number of hydrogen-bond donors (Lipinski definition) is 3. The number of primary amides is 1. The number of carbonyl (C=O) groups excluding carboxylic acids is 4. The van der Waals surface area contributed by atoms with Crippen LogP contribution in [-0.4, -0.2) is 49.2 Å². The number of allylic oxidation sites excluding steroid dienone is 5. The van der Waals surface area contributed by atoms with Gasteiger partial charge in [-0.3, -0.25) is 9.59 Å². The minimum absolute atomic E-state index is 0.0196. The third-order valence-electron chi connectivity index (χ3n) is 6.15. The minimum Gasteiger partial charge on any atom is -0.490 e. The predicted octanol–water partition coefficient (Wildman–Crippen LogP) is 5.07. The van der Waals surface area contributed by atoms with Crippen molar-refractivity contribution in [3.05, 3.63) is 71.2 Å². The Balaban J connectivity index is 2.70. The van der Waals surface area contributed by atoms with Gasteiger partial charge in [-0.1, -0.05) is 81.3 Å². The zero-order valence-corrected chi connectivity index (χ0v) is 26.2. The molecule has 4 unspecified atom stereocenters. The van der Waals surface area contributed by atoms with Crippen molar-refractivity contribution in [2.75, 3.05) is 7.11 Å². The number of cyclic esters (lactones) is 1. The summed E-state index contributed by atoms with van der Waals surface area (Å²) in [5.41, 5.74) is 5.48. The summed E-state index contributed by atoms with van der Waals surface area (Å²) in [4.78, 5) is 48.5. The number of amides is 3. The molecule has 0 spiro atoms. The zero-order chi connectivity index (χ0) is 31.9. The Labute approximate surface area is 253 Å². The summed E-state index contributed by atoms with van der Waals surface area (Å²) >= 11 is 5.84. The van der Waals surface area contributed by atoms with Gasteiger partial charge in [-0.25, -0.2) is 9.59 Å². The van der Waals surface area contributed by atoms with Crippen LogP contribution in [0.5, 0.6) is 0 Å². The third-order valence-corrected chi connectivity index (χ3v) is 6.30. The highest BCUT2D eigenvalue weighted by Gasteiger charge is 2.32. The molecule has 1 rings (SSSR count). The first-order valence-corrected chi connectivity index (χ1v) is 14.0. The van der Waals surface area contributed by atoms with Crippen LogP contribution < -0.4 is 16.4 Å². The van der Waals surface area contributed by atoms with Gasteiger partial charge in [0.1, 0.15) is 18.2 Å². The normalized spacial score (nSPS) is 18.8. The first kappa shape index (κ1) is 36.2. The first-order valence-electron chi connectivity index (χ1n) is 13.7. The smallest absolute Gasteiger partial charge is 0.404 e. The number of halogens is 1. The fourth-order valence-electron chi connectivity index (χ4n) is 3.93. The van der Waals surface area contributed by atoms with Gasteiger partial charge in [0.05, 0.1) is 7.11 Å². The van der Waals surface area contributed by atoms with Crippen LogP contribution in [0, 0.1) is 11.3 Å². The van der Waals surface area contributed by atoms with Crippen molar-refractivity contribution in [2.45, 2.75) is 79.1 Å². The van der Waals surface area contributed by atoms with Gasteiger partial charge in [-0.2, -0.15) is 0 Å². The number of ether oxygens (including phenoxy) is 3. The van der Waals surface area contributed by atoms with Crippen molar-refractivity contribution in [1.29, 1.82) is 0 Å². The molecule has 0 fully saturated rings. The Morgan fingerprint density at radius 3 is 2.43 bits per heavy atom. The highest BCUT2D eigenvalue weighted by molar-refractivity contribution is 6.29. The molecular formula is C31H44ClN3O7. The molecule has 232 valence electrons. The molecule has 0 saturated heterocycles. The fraction of sp³-hybridized carbons (Fsp3) is 0.484. The number of nitrogens with two attached hydrogens (primary N) is 1. The van der Waals surface area contributed by atoms with E-state index in [0.29, 0.717) is 24.3 Å². The van der Waals surface area contributed by atoms with Crippen LogP contribution in [-0.2, 0) is 28.6 Å². The average Bonchev–Trinajstić information content (AvgIpc) is 2.89. The van der Waals surface area contributed by atoms with Crippen LogP contribution >= 0.6 is 11.6 Å². The van der Waals surface area contributed by atoms with Gasteiger partial charge in [0.2, 0.25) is 11.8 Å². The van der Waals surface area contributed by atoms with Crippen LogP contribution in [0.3, 0.4) is 0 Å². The lowest BCUT2D eigenvalue weighted by atomic mass is 9.86. The van der Waals surface area contributed by atoms with E-state index < -0.39 is 41.4 Å². The van der Waals surface area contributed by atoms with Gasteiger partial charge in [0.15, 0.2) is 5.76 Å². The molecular weight excluding hydrogens is 562 g/mol. The Morgan fingerprint density at radius 2 is 1.86 bits per heavy atom. The summed E-state index contributed by atoms with van der Waals surface area (Å²) < 4.78 is 15.5. The maximum Gasteiger partial charge on any atom is 0.404 e. The molecule has 4 atom stereocenters. The summed E-state index contributed by atoms with van der Waals surface area (Å²) in [7, 11) is 1.43. The average molecular weight is 606 g/mol. The summed E-state index contributed by atoms with van der Waals surface area (Å²) in [6, 6.07) is -0.823.